The van der Waals surface area contributed by atoms with Gasteiger partial charge in [0.15, 0.2) is 5.76 Å². The van der Waals surface area contributed by atoms with E-state index in [4.69, 9.17) is 13.3 Å². The van der Waals surface area contributed by atoms with Gasteiger partial charge in [-0.1, -0.05) is 6.58 Å². The summed E-state index contributed by atoms with van der Waals surface area (Å²) in [5.74, 6) is -3.07. The van der Waals surface area contributed by atoms with E-state index >= 15 is 0 Å². The molecule has 11 heteroatoms. The smallest absolute Gasteiger partial charge is 0.377 e. The molecule has 0 unspecified atom stereocenters. The van der Waals surface area contributed by atoms with Gasteiger partial charge in [0.2, 0.25) is 0 Å². The van der Waals surface area contributed by atoms with Crippen LogP contribution < -0.4 is 0 Å². The maximum absolute atomic E-state index is 11.3. The Balaban J connectivity index is 4.69. The van der Waals surface area contributed by atoms with Gasteiger partial charge in [0.1, 0.15) is 13.1 Å². The topological polar surface area (TPSA) is 128 Å². The molecule has 0 aliphatic carbocycles. The van der Waals surface area contributed by atoms with Gasteiger partial charge in [-0.2, -0.15) is 0 Å². The van der Waals surface area contributed by atoms with Crippen LogP contribution in [-0.4, -0.2) is 91.1 Å². The van der Waals surface area contributed by atoms with Gasteiger partial charge < -0.3 is 13.3 Å². The van der Waals surface area contributed by atoms with Crippen LogP contribution in [0.1, 0.15) is 6.42 Å². The Morgan fingerprint density at radius 2 is 1.27 bits per heavy atom. The average molecular weight is 391 g/mol. The maximum Gasteiger partial charge on any atom is 0.500 e. The third kappa shape index (κ3) is 10.5. The van der Waals surface area contributed by atoms with Crippen LogP contribution in [0.5, 0.6) is 0 Å². The van der Waals surface area contributed by atoms with E-state index in [9.17, 15) is 24.9 Å². The van der Waals surface area contributed by atoms with Crippen molar-refractivity contribution in [1.29, 1.82) is 0 Å². The zero-order valence-corrected chi connectivity index (χ0v) is 16.5. The Kier molecular flexibility index (Phi) is 12.0. The van der Waals surface area contributed by atoms with Crippen molar-refractivity contribution in [2.75, 3.05) is 60.6 Å². The summed E-state index contributed by atoms with van der Waals surface area (Å²) in [4.78, 5) is 24.4. The van der Waals surface area contributed by atoms with Crippen LogP contribution in [0.25, 0.3) is 0 Å². The third-order valence-electron chi connectivity index (χ3n) is 3.73. The van der Waals surface area contributed by atoms with E-state index in [1.54, 1.807) is 4.90 Å². The molecule has 26 heavy (non-hydrogen) atoms. The molecular formula is C15H27N2O8Si. The van der Waals surface area contributed by atoms with E-state index in [0.717, 1.165) is 0 Å². The first-order valence-electron chi connectivity index (χ1n) is 8.02. The van der Waals surface area contributed by atoms with Gasteiger partial charge in [-0.3, -0.25) is 14.9 Å². The highest BCUT2D eigenvalue weighted by molar-refractivity contribution is 6.60. The lowest BCUT2D eigenvalue weighted by atomic mass is 10.3. The molecule has 0 saturated heterocycles. The molecule has 0 aromatic carbocycles. The van der Waals surface area contributed by atoms with Crippen LogP contribution in [0.15, 0.2) is 12.3 Å². The van der Waals surface area contributed by atoms with Crippen molar-refractivity contribution < 1.29 is 38.2 Å². The van der Waals surface area contributed by atoms with Gasteiger partial charge in [-0.25, -0.2) is 19.8 Å². The molecule has 0 spiro atoms. The van der Waals surface area contributed by atoms with E-state index in [0.29, 0.717) is 19.0 Å². The lowest BCUT2D eigenvalue weighted by Gasteiger charge is -2.27. The fourth-order valence-electron chi connectivity index (χ4n) is 2.46. The number of rotatable bonds is 16. The molecule has 0 aliphatic heterocycles. The molecule has 0 saturated carbocycles. The molecule has 0 aromatic heterocycles. The monoisotopic (exact) mass is 391 g/mol. The molecule has 10 nitrogen and oxygen atoms in total. The lowest BCUT2D eigenvalue weighted by molar-refractivity contribution is -0.148. The molecule has 0 fully saturated rings. The fraction of sp³-hybridized carbons (Fsp3) is 0.733. The van der Waals surface area contributed by atoms with Gasteiger partial charge in [0, 0.05) is 40.5 Å². The van der Waals surface area contributed by atoms with Crippen molar-refractivity contribution >= 4 is 20.7 Å². The minimum atomic E-state index is -2.72. The highest BCUT2D eigenvalue weighted by Crippen LogP contribution is 2.15. The summed E-state index contributed by atoms with van der Waals surface area (Å²) < 4.78 is 16.0. The highest BCUT2D eigenvalue weighted by Gasteiger charge is 2.37. The van der Waals surface area contributed by atoms with Crippen molar-refractivity contribution in [1.82, 2.24) is 9.80 Å². The molecule has 3 radical (unpaired) electrons. The van der Waals surface area contributed by atoms with Gasteiger partial charge in [-0.05, 0) is 13.0 Å². The van der Waals surface area contributed by atoms with Crippen LogP contribution in [0.4, 0.5) is 0 Å². The van der Waals surface area contributed by atoms with Crippen LogP contribution in [0, 0.1) is 0 Å². The fourth-order valence-corrected chi connectivity index (χ4v) is 4.16. The lowest BCUT2D eigenvalue weighted by Crippen LogP contribution is -2.44. The number of hydrogen-bond donors (Lipinski definition) is 0. The molecule has 0 atom stereocenters. The Morgan fingerprint density at radius 1 is 0.808 bits per heavy atom. The number of carbonyl (C=O) groups excluding carboxylic acids is 2. The first-order chi connectivity index (χ1) is 12.2. The summed E-state index contributed by atoms with van der Waals surface area (Å²) in [6, 6.07) is 0.528. The van der Waals surface area contributed by atoms with Crippen LogP contribution in [0.2, 0.25) is 6.04 Å². The minimum Gasteiger partial charge on any atom is -0.377 e. The summed E-state index contributed by atoms with van der Waals surface area (Å²) in [6.45, 7) is 3.22. The molecule has 149 valence electrons. The average Bonchev–Trinajstić information content (AvgIpc) is 2.55. The standard InChI is InChI=1S/C15H27N2O8Si/c1-13(18)10-16(6-5-9-26(23-2,24-3)25-4)7-8-17(11-14(19)20)12-15(21)22/h1,5-12H2,2-4H3. The first kappa shape index (κ1) is 24.5. The SMILES string of the molecule is C=C([O])CN(CCC[Si](OC)(OC)OC)CCN(CC([O])=O)CC([O])=O. The summed E-state index contributed by atoms with van der Waals surface area (Å²) in [6.07, 6.45) is 0.607. The van der Waals surface area contributed by atoms with Crippen molar-refractivity contribution in [2.24, 2.45) is 0 Å². The van der Waals surface area contributed by atoms with Crippen LogP contribution in [-0.2, 0) is 38.2 Å². The maximum atomic E-state index is 11.3. The highest BCUT2D eigenvalue weighted by atomic mass is 28.4. The summed E-state index contributed by atoms with van der Waals surface area (Å²) >= 11 is 0. The second kappa shape index (κ2) is 12.8. The van der Waals surface area contributed by atoms with Gasteiger partial charge >= 0.3 is 20.7 Å². The van der Waals surface area contributed by atoms with E-state index in [-0.39, 0.29) is 25.4 Å². The third-order valence-corrected chi connectivity index (χ3v) is 6.56. The zero-order valence-electron chi connectivity index (χ0n) is 15.5. The van der Waals surface area contributed by atoms with Gasteiger partial charge in [0.05, 0.1) is 6.54 Å². The van der Waals surface area contributed by atoms with Crippen molar-refractivity contribution in [2.45, 2.75) is 12.5 Å². The van der Waals surface area contributed by atoms with Crippen molar-refractivity contribution in [3.63, 3.8) is 0 Å². The van der Waals surface area contributed by atoms with E-state index in [1.165, 1.54) is 26.2 Å². The van der Waals surface area contributed by atoms with E-state index in [1.807, 2.05) is 0 Å². The molecular weight excluding hydrogens is 364 g/mol. The number of nitrogens with zero attached hydrogens (tertiary/aromatic N) is 2. The van der Waals surface area contributed by atoms with Crippen LogP contribution in [0.3, 0.4) is 0 Å². The largest absolute Gasteiger partial charge is 0.500 e. The molecule has 0 bridgehead atoms. The predicted octanol–water partition coefficient (Wildman–Crippen LogP) is -0.283. The number of hydrogen-bond acceptors (Lipinski definition) is 7. The Hall–Kier alpha value is -1.50. The molecule has 0 amide bonds. The molecule has 0 rings (SSSR count). The Morgan fingerprint density at radius 3 is 1.65 bits per heavy atom. The summed E-state index contributed by atoms with van der Waals surface area (Å²) in [5.41, 5.74) is 0. The molecule has 0 aromatic rings. The van der Waals surface area contributed by atoms with Crippen LogP contribution >= 0.6 is 0 Å². The van der Waals surface area contributed by atoms with Crippen molar-refractivity contribution in [3.05, 3.63) is 12.3 Å². The Bertz CT molecular complexity index is 435. The first-order valence-corrected chi connectivity index (χ1v) is 9.95. The van der Waals surface area contributed by atoms with E-state index in [2.05, 4.69) is 6.58 Å². The van der Waals surface area contributed by atoms with Gasteiger partial charge in [-0.15, -0.1) is 0 Å². The quantitative estimate of drug-likeness (QED) is 0.261. The Labute approximate surface area is 154 Å². The normalized spacial score (nSPS) is 11.9. The molecule has 0 N–H and O–H groups in total. The summed E-state index contributed by atoms with van der Waals surface area (Å²) in [5, 5.41) is 32.8. The predicted molar refractivity (Wildman–Crippen MR) is 90.3 cm³/mol. The minimum absolute atomic E-state index is 0.0615. The molecule has 0 aliphatic rings. The van der Waals surface area contributed by atoms with Crippen molar-refractivity contribution in [3.8, 4) is 0 Å². The second-order valence-corrected chi connectivity index (χ2v) is 8.76. The van der Waals surface area contributed by atoms with Gasteiger partial charge in [0.25, 0.3) is 0 Å². The van der Waals surface area contributed by atoms with E-state index < -0.39 is 33.8 Å². The zero-order chi connectivity index (χ0) is 20.2. The summed E-state index contributed by atoms with van der Waals surface area (Å²) in [7, 11) is 1.80. The molecule has 0 heterocycles. The second-order valence-electron chi connectivity index (χ2n) is 5.67. The number of carbonyl (C=O) groups is 2.